The molecular weight excluding hydrogens is 330 g/mol. The monoisotopic (exact) mass is 383 g/mol. The zero-order chi connectivity index (χ0) is 19.8. The Morgan fingerprint density at radius 2 is 0.556 bits per heavy atom. The van der Waals surface area contributed by atoms with Crippen molar-refractivity contribution in [1.29, 1.82) is 0 Å². The maximum absolute atomic E-state index is 6.28. The molecule has 0 aromatic heterocycles. The van der Waals surface area contributed by atoms with E-state index >= 15 is 0 Å². The Balaban J connectivity index is 3.12. The zero-order valence-electron chi connectivity index (χ0n) is 18.6. The quantitative estimate of drug-likeness (QED) is 0.178. The van der Waals surface area contributed by atoms with E-state index in [2.05, 4.69) is 0 Å². The van der Waals surface area contributed by atoms with E-state index in [9.17, 15) is 0 Å². The van der Waals surface area contributed by atoms with Gasteiger partial charge < -0.3 is 17.2 Å². The van der Waals surface area contributed by atoms with Crippen LogP contribution in [0.3, 0.4) is 0 Å². The van der Waals surface area contributed by atoms with Gasteiger partial charge in [-0.1, -0.05) is 109 Å². The predicted molar refractivity (Wildman–Crippen MR) is 123 cm³/mol. The van der Waals surface area contributed by atoms with Gasteiger partial charge in [0.15, 0.2) is 0 Å². The van der Waals surface area contributed by atoms with Crippen LogP contribution in [0.1, 0.15) is 135 Å². The average molecular weight is 384 g/mol. The molecule has 27 heavy (non-hydrogen) atoms. The van der Waals surface area contributed by atoms with Crippen molar-refractivity contribution in [3.8, 4) is 0 Å². The highest BCUT2D eigenvalue weighted by molar-refractivity contribution is 4.62. The third kappa shape index (κ3) is 23.8. The predicted octanol–water partition coefficient (Wildman–Crippen LogP) is 6.42. The summed E-state index contributed by atoms with van der Waals surface area (Å²) in [6, 6.07) is 0.448. The zero-order valence-corrected chi connectivity index (χ0v) is 18.6. The number of hydrogen-bond acceptors (Lipinski definition) is 3. The van der Waals surface area contributed by atoms with Gasteiger partial charge in [-0.2, -0.15) is 0 Å². The van der Waals surface area contributed by atoms with Crippen molar-refractivity contribution in [2.75, 3.05) is 13.1 Å². The smallest absolute Gasteiger partial charge is 0.00388 e. The first kappa shape index (κ1) is 26.9. The maximum atomic E-state index is 6.28. The summed E-state index contributed by atoms with van der Waals surface area (Å²) in [7, 11) is 0. The Hall–Kier alpha value is -0.120. The van der Waals surface area contributed by atoms with E-state index in [0.29, 0.717) is 6.04 Å². The second-order valence-corrected chi connectivity index (χ2v) is 8.63. The molecule has 0 radical (unpaired) electrons. The summed E-state index contributed by atoms with van der Waals surface area (Å²) in [4.78, 5) is 0. The van der Waals surface area contributed by atoms with Crippen molar-refractivity contribution in [3.05, 3.63) is 0 Å². The number of rotatable bonds is 23. The molecule has 0 amide bonds. The lowest BCUT2D eigenvalue weighted by molar-refractivity contribution is 0.478. The molecule has 164 valence electrons. The first-order valence-corrected chi connectivity index (χ1v) is 12.5. The minimum Gasteiger partial charge on any atom is -0.330 e. The lowest BCUT2D eigenvalue weighted by atomic mass is 10.00. The molecular formula is C24H53N3. The molecule has 0 rings (SSSR count). The Morgan fingerprint density at radius 3 is 0.815 bits per heavy atom. The van der Waals surface area contributed by atoms with E-state index in [1.165, 1.54) is 135 Å². The van der Waals surface area contributed by atoms with Gasteiger partial charge in [-0.25, -0.2) is 0 Å². The van der Waals surface area contributed by atoms with Gasteiger partial charge in [0.25, 0.3) is 0 Å². The van der Waals surface area contributed by atoms with Crippen molar-refractivity contribution in [2.45, 2.75) is 141 Å². The first-order chi connectivity index (χ1) is 13.3. The van der Waals surface area contributed by atoms with E-state index in [1.807, 2.05) is 0 Å². The summed E-state index contributed by atoms with van der Waals surface area (Å²) in [6.45, 7) is 1.72. The van der Waals surface area contributed by atoms with Crippen molar-refractivity contribution >= 4 is 0 Å². The van der Waals surface area contributed by atoms with Crippen molar-refractivity contribution in [1.82, 2.24) is 0 Å². The van der Waals surface area contributed by atoms with Crippen molar-refractivity contribution in [2.24, 2.45) is 17.2 Å². The van der Waals surface area contributed by atoms with Crippen molar-refractivity contribution < 1.29 is 0 Å². The third-order valence-electron chi connectivity index (χ3n) is 5.81. The van der Waals surface area contributed by atoms with Crippen molar-refractivity contribution in [3.63, 3.8) is 0 Å². The van der Waals surface area contributed by atoms with E-state index < -0.39 is 0 Å². The molecule has 0 aromatic rings. The first-order valence-electron chi connectivity index (χ1n) is 12.5. The lowest BCUT2D eigenvalue weighted by Gasteiger charge is -2.11. The fraction of sp³-hybridized carbons (Fsp3) is 1.00. The highest BCUT2D eigenvalue weighted by atomic mass is 14.6. The lowest BCUT2D eigenvalue weighted by Crippen LogP contribution is -2.19. The molecule has 1 unspecified atom stereocenters. The number of unbranched alkanes of at least 4 members (excludes halogenated alkanes) is 17. The largest absolute Gasteiger partial charge is 0.330 e. The van der Waals surface area contributed by atoms with E-state index in [-0.39, 0.29) is 0 Å². The molecule has 0 bridgehead atoms. The molecule has 0 saturated heterocycles. The SMILES string of the molecule is NCCCCCCCCCCCCC(N)CCCCCCCCCCCN. The average Bonchev–Trinajstić information content (AvgIpc) is 2.67. The van der Waals surface area contributed by atoms with Crippen LogP contribution < -0.4 is 17.2 Å². The minimum atomic E-state index is 0.448. The van der Waals surface area contributed by atoms with Crippen LogP contribution in [0, 0.1) is 0 Å². The summed E-state index contributed by atoms with van der Waals surface area (Å²) in [6.07, 6.45) is 28.4. The number of nitrogens with two attached hydrogens (primary N) is 3. The molecule has 0 heterocycles. The highest BCUT2D eigenvalue weighted by Gasteiger charge is 2.02. The Morgan fingerprint density at radius 1 is 0.333 bits per heavy atom. The summed E-state index contributed by atoms with van der Waals surface area (Å²) in [5.41, 5.74) is 17.3. The fourth-order valence-electron chi connectivity index (χ4n) is 3.90. The molecule has 0 aliphatic heterocycles. The molecule has 3 nitrogen and oxygen atoms in total. The Bertz CT molecular complexity index is 258. The molecule has 0 aromatic carbocycles. The van der Waals surface area contributed by atoms with Crippen LogP contribution in [0.25, 0.3) is 0 Å². The van der Waals surface area contributed by atoms with Gasteiger partial charge >= 0.3 is 0 Å². The summed E-state index contributed by atoms with van der Waals surface area (Å²) >= 11 is 0. The summed E-state index contributed by atoms with van der Waals surface area (Å²) in [5.74, 6) is 0. The van der Waals surface area contributed by atoms with E-state index in [4.69, 9.17) is 17.2 Å². The Labute approximate surface area is 171 Å². The maximum Gasteiger partial charge on any atom is 0.00388 e. The van der Waals surface area contributed by atoms with Gasteiger partial charge in [0.05, 0.1) is 0 Å². The van der Waals surface area contributed by atoms with Crippen LogP contribution in [0.5, 0.6) is 0 Å². The van der Waals surface area contributed by atoms with Gasteiger partial charge in [0.2, 0.25) is 0 Å². The van der Waals surface area contributed by atoms with E-state index in [1.54, 1.807) is 0 Å². The van der Waals surface area contributed by atoms with Gasteiger partial charge in [-0.3, -0.25) is 0 Å². The second-order valence-electron chi connectivity index (χ2n) is 8.63. The molecule has 0 spiro atoms. The molecule has 3 heteroatoms. The van der Waals surface area contributed by atoms with Crippen LogP contribution in [0.4, 0.5) is 0 Å². The summed E-state index contributed by atoms with van der Waals surface area (Å²) < 4.78 is 0. The molecule has 0 saturated carbocycles. The molecule has 0 fully saturated rings. The van der Waals surface area contributed by atoms with Crippen LogP contribution >= 0.6 is 0 Å². The van der Waals surface area contributed by atoms with Crippen LogP contribution in [-0.4, -0.2) is 19.1 Å². The fourth-order valence-corrected chi connectivity index (χ4v) is 3.90. The van der Waals surface area contributed by atoms with Crippen LogP contribution in [0.15, 0.2) is 0 Å². The normalized spacial score (nSPS) is 12.6. The minimum absolute atomic E-state index is 0.448. The third-order valence-corrected chi connectivity index (χ3v) is 5.81. The van der Waals surface area contributed by atoms with Crippen LogP contribution in [0.2, 0.25) is 0 Å². The molecule has 6 N–H and O–H groups in total. The topological polar surface area (TPSA) is 78.1 Å². The molecule has 0 aliphatic rings. The Kier molecular flexibility index (Phi) is 23.8. The van der Waals surface area contributed by atoms with Crippen LogP contribution in [-0.2, 0) is 0 Å². The second kappa shape index (κ2) is 23.9. The standard InChI is InChI=1S/C24H53N3/c25-22-18-14-10-6-2-1-4-8-12-16-20-24(27)21-17-13-9-5-3-7-11-15-19-23-26/h24H,1-23,25-27H2. The highest BCUT2D eigenvalue weighted by Crippen LogP contribution is 2.14. The van der Waals surface area contributed by atoms with Gasteiger partial charge in [-0.05, 0) is 38.8 Å². The number of hydrogen-bond donors (Lipinski definition) is 3. The van der Waals surface area contributed by atoms with Gasteiger partial charge in [-0.15, -0.1) is 0 Å². The van der Waals surface area contributed by atoms with E-state index in [0.717, 1.165) is 13.1 Å². The van der Waals surface area contributed by atoms with Gasteiger partial charge in [0, 0.05) is 6.04 Å². The molecule has 1 atom stereocenters. The summed E-state index contributed by atoms with van der Waals surface area (Å²) in [5, 5.41) is 0. The molecule has 0 aliphatic carbocycles. The van der Waals surface area contributed by atoms with Gasteiger partial charge in [0.1, 0.15) is 0 Å².